The molecule has 0 saturated carbocycles. The third-order valence-corrected chi connectivity index (χ3v) is 7.08. The van der Waals surface area contributed by atoms with E-state index in [1.807, 2.05) is 12.1 Å². The van der Waals surface area contributed by atoms with Gasteiger partial charge in [0.05, 0.1) is 12.1 Å². The third kappa shape index (κ3) is 6.51. The van der Waals surface area contributed by atoms with E-state index in [2.05, 4.69) is 10.2 Å². The van der Waals surface area contributed by atoms with E-state index in [1.165, 1.54) is 31.0 Å². The lowest BCUT2D eigenvalue weighted by atomic mass is 10.1. The summed E-state index contributed by atoms with van der Waals surface area (Å²) in [5, 5.41) is 20.6. The van der Waals surface area contributed by atoms with Crippen LogP contribution in [0.3, 0.4) is 0 Å². The largest absolute Gasteiger partial charge is 0.493 e. The van der Waals surface area contributed by atoms with E-state index < -0.39 is 16.7 Å². The minimum Gasteiger partial charge on any atom is -0.493 e. The maximum Gasteiger partial charge on any atom is 0.220 e. The molecule has 0 radical (unpaired) electrons. The number of ether oxygens (including phenoxy) is 2. The van der Waals surface area contributed by atoms with Gasteiger partial charge in [-0.15, -0.1) is 10.2 Å². The number of benzene rings is 3. The van der Waals surface area contributed by atoms with Crippen LogP contribution >= 0.6 is 35.0 Å². The molecule has 0 aliphatic rings. The molecule has 0 aliphatic heterocycles. The number of nitro groups is 1. The van der Waals surface area contributed by atoms with Crippen molar-refractivity contribution >= 4 is 35.0 Å². The van der Waals surface area contributed by atoms with Gasteiger partial charge in [-0.3, -0.25) is 14.7 Å². The van der Waals surface area contributed by atoms with Crippen LogP contribution in [-0.4, -0.2) is 33.3 Å². The van der Waals surface area contributed by atoms with Crippen LogP contribution in [0.5, 0.6) is 11.5 Å². The van der Waals surface area contributed by atoms with Crippen LogP contribution in [0.4, 0.5) is 4.39 Å². The Morgan fingerprint density at radius 2 is 1.81 bits per heavy atom. The van der Waals surface area contributed by atoms with Crippen molar-refractivity contribution in [2.75, 3.05) is 13.7 Å². The maximum absolute atomic E-state index is 13.2. The van der Waals surface area contributed by atoms with Crippen LogP contribution in [-0.2, 0) is 6.61 Å². The molecular weight excluding hydrogens is 542 g/mol. The van der Waals surface area contributed by atoms with Gasteiger partial charge in [0.15, 0.2) is 16.7 Å². The molecule has 4 aromatic rings. The highest BCUT2D eigenvalue weighted by molar-refractivity contribution is 7.99. The smallest absolute Gasteiger partial charge is 0.220 e. The zero-order valence-electron chi connectivity index (χ0n) is 19.7. The minimum absolute atomic E-state index is 0.131. The molecular formula is C25H21Cl2FN4O4S. The third-order valence-electron chi connectivity index (χ3n) is 5.36. The first-order valence-corrected chi connectivity index (χ1v) is 12.6. The van der Waals surface area contributed by atoms with Gasteiger partial charge in [0.1, 0.15) is 23.5 Å². The van der Waals surface area contributed by atoms with Crippen molar-refractivity contribution in [1.29, 1.82) is 0 Å². The summed E-state index contributed by atoms with van der Waals surface area (Å²) < 4.78 is 26.3. The number of hydrogen-bond donors (Lipinski definition) is 0. The fourth-order valence-corrected chi connectivity index (χ4v) is 5.14. The molecule has 0 unspecified atom stereocenters. The van der Waals surface area contributed by atoms with Crippen molar-refractivity contribution in [2.24, 2.45) is 0 Å². The predicted molar refractivity (Wildman–Crippen MR) is 140 cm³/mol. The van der Waals surface area contributed by atoms with E-state index >= 15 is 0 Å². The first kappa shape index (κ1) is 26.7. The highest BCUT2D eigenvalue weighted by Crippen LogP contribution is 2.43. The minimum atomic E-state index is -0.665. The van der Waals surface area contributed by atoms with Gasteiger partial charge in [-0.25, -0.2) is 4.39 Å². The molecule has 0 fully saturated rings. The van der Waals surface area contributed by atoms with E-state index in [-0.39, 0.29) is 23.2 Å². The van der Waals surface area contributed by atoms with Crippen molar-refractivity contribution in [3.63, 3.8) is 0 Å². The zero-order valence-corrected chi connectivity index (χ0v) is 22.1. The van der Waals surface area contributed by atoms with Crippen LogP contribution in [0.2, 0.25) is 10.0 Å². The van der Waals surface area contributed by atoms with E-state index in [4.69, 9.17) is 32.7 Å². The van der Waals surface area contributed by atoms with Gasteiger partial charge >= 0.3 is 0 Å². The Labute approximate surface area is 226 Å². The summed E-state index contributed by atoms with van der Waals surface area (Å²) in [6, 6.07) is 16.3. The number of aromatic nitrogens is 3. The molecule has 192 valence electrons. The fourth-order valence-electron chi connectivity index (χ4n) is 3.58. The number of rotatable bonds is 10. The summed E-state index contributed by atoms with van der Waals surface area (Å²) in [6.45, 7) is 1.53. The van der Waals surface area contributed by atoms with E-state index in [9.17, 15) is 14.5 Å². The average molecular weight is 563 g/mol. The van der Waals surface area contributed by atoms with Crippen molar-refractivity contribution in [3.8, 4) is 17.2 Å². The van der Waals surface area contributed by atoms with E-state index in [0.29, 0.717) is 27.3 Å². The normalized spacial score (nSPS) is 11.8. The number of thioether (sulfide) groups is 1. The maximum atomic E-state index is 13.2. The molecule has 8 nitrogen and oxygen atoms in total. The topological polar surface area (TPSA) is 92.3 Å². The number of methoxy groups -OCH3 is 1. The van der Waals surface area contributed by atoms with Gasteiger partial charge in [-0.1, -0.05) is 47.1 Å². The first-order chi connectivity index (χ1) is 17.7. The summed E-state index contributed by atoms with van der Waals surface area (Å²) in [4.78, 5) is 11.2. The van der Waals surface area contributed by atoms with Gasteiger partial charge in [0.2, 0.25) is 6.54 Å². The zero-order chi connectivity index (χ0) is 26.5. The Bertz CT molecular complexity index is 1400. The Balaban J connectivity index is 1.64. The second kappa shape index (κ2) is 11.8. The summed E-state index contributed by atoms with van der Waals surface area (Å²) in [5.74, 6) is 0.862. The van der Waals surface area contributed by atoms with Crippen molar-refractivity contribution in [2.45, 2.75) is 23.9 Å². The molecule has 0 N–H and O–H groups in total. The Hall–Kier alpha value is -3.34. The van der Waals surface area contributed by atoms with Crippen molar-refractivity contribution in [3.05, 3.63) is 104 Å². The Kier molecular flexibility index (Phi) is 8.52. The monoisotopic (exact) mass is 562 g/mol. The van der Waals surface area contributed by atoms with E-state index in [0.717, 1.165) is 11.3 Å². The second-order valence-electron chi connectivity index (χ2n) is 7.91. The fraction of sp³-hybridized carbons (Fsp3) is 0.200. The number of halogens is 3. The lowest BCUT2D eigenvalue weighted by Gasteiger charge is -2.18. The number of hydrogen-bond acceptors (Lipinski definition) is 7. The van der Waals surface area contributed by atoms with Crippen molar-refractivity contribution in [1.82, 2.24) is 14.8 Å². The predicted octanol–water partition coefficient (Wildman–Crippen LogP) is 6.72. The van der Waals surface area contributed by atoms with Crippen LogP contribution in [0, 0.1) is 22.9 Å². The molecule has 0 amide bonds. The SMILES string of the molecule is COc1cc([C@H](C[N+](=O)[O-])Sc2nnc(C)n2-c2ccc(Cl)cc2)cc(Cl)c1OCc1ccc(F)cc1. The molecule has 4 rings (SSSR count). The van der Waals surface area contributed by atoms with Crippen LogP contribution in [0.1, 0.15) is 22.2 Å². The lowest BCUT2D eigenvalue weighted by molar-refractivity contribution is -0.479. The van der Waals surface area contributed by atoms with Gasteiger partial charge in [-0.05, 0) is 66.6 Å². The first-order valence-electron chi connectivity index (χ1n) is 11.0. The molecule has 0 saturated heterocycles. The molecule has 37 heavy (non-hydrogen) atoms. The van der Waals surface area contributed by atoms with Gasteiger partial charge in [0, 0.05) is 15.6 Å². The number of aryl methyl sites for hydroxylation is 1. The molecule has 1 aromatic heterocycles. The van der Waals surface area contributed by atoms with Crippen LogP contribution < -0.4 is 9.47 Å². The van der Waals surface area contributed by atoms with E-state index in [1.54, 1.807) is 47.9 Å². The Morgan fingerprint density at radius 1 is 1.11 bits per heavy atom. The molecule has 12 heteroatoms. The summed E-state index contributed by atoms with van der Waals surface area (Å²) in [5.41, 5.74) is 2.07. The van der Waals surface area contributed by atoms with Crippen LogP contribution in [0.15, 0.2) is 65.8 Å². The second-order valence-corrected chi connectivity index (χ2v) is 9.93. The van der Waals surface area contributed by atoms with Gasteiger partial charge in [0.25, 0.3) is 0 Å². The summed E-state index contributed by atoms with van der Waals surface area (Å²) in [7, 11) is 1.45. The van der Waals surface area contributed by atoms with Gasteiger partial charge < -0.3 is 9.47 Å². The highest BCUT2D eigenvalue weighted by Gasteiger charge is 2.26. The molecule has 1 heterocycles. The number of nitrogens with zero attached hydrogens (tertiary/aromatic N) is 4. The molecule has 0 spiro atoms. The Morgan fingerprint density at radius 3 is 2.46 bits per heavy atom. The van der Waals surface area contributed by atoms with Crippen molar-refractivity contribution < 1.29 is 18.8 Å². The van der Waals surface area contributed by atoms with Crippen LogP contribution in [0.25, 0.3) is 5.69 Å². The standard InChI is InChI=1S/C25H21Cl2FN4O4S/c1-15-29-30-25(32(15)20-9-5-18(26)6-10-20)37-23(13-31(33)34)17-11-21(27)24(22(12-17)35-2)36-14-16-3-7-19(28)8-4-16/h3-12,23H,13-14H2,1-2H3/t23-/m0/s1. The van der Waals surface area contributed by atoms with Gasteiger partial charge in [-0.2, -0.15) is 0 Å². The lowest BCUT2D eigenvalue weighted by Crippen LogP contribution is -2.12. The summed E-state index contributed by atoms with van der Waals surface area (Å²) >= 11 is 13.8. The average Bonchev–Trinajstić information content (AvgIpc) is 3.23. The highest BCUT2D eigenvalue weighted by atomic mass is 35.5. The molecule has 0 aliphatic carbocycles. The quantitative estimate of drug-likeness (QED) is 0.120. The molecule has 3 aromatic carbocycles. The summed E-state index contributed by atoms with van der Waals surface area (Å²) in [6.07, 6.45) is 0. The molecule has 1 atom stereocenters. The molecule has 0 bridgehead atoms.